The lowest BCUT2D eigenvalue weighted by Gasteiger charge is -2.47. The van der Waals surface area contributed by atoms with Crippen molar-refractivity contribution in [3.8, 4) is 0 Å². The van der Waals surface area contributed by atoms with Gasteiger partial charge >= 0.3 is 0 Å². The van der Waals surface area contributed by atoms with Gasteiger partial charge in [0.1, 0.15) is 0 Å². The van der Waals surface area contributed by atoms with Gasteiger partial charge in [-0.3, -0.25) is 4.98 Å². The second-order valence-electron chi connectivity index (χ2n) is 6.37. The molecule has 2 aromatic rings. The van der Waals surface area contributed by atoms with Gasteiger partial charge in [-0.15, -0.1) is 0 Å². The number of piperazine rings is 1. The Labute approximate surface area is 127 Å². The van der Waals surface area contributed by atoms with Gasteiger partial charge in [0, 0.05) is 41.9 Å². The van der Waals surface area contributed by atoms with Crippen molar-refractivity contribution in [1.29, 1.82) is 0 Å². The molecule has 2 atom stereocenters. The van der Waals surface area contributed by atoms with Crippen LogP contribution in [0.25, 0.3) is 10.9 Å². The molecule has 2 heterocycles. The lowest BCUT2D eigenvalue weighted by atomic mass is 9.92. The fourth-order valence-electron chi connectivity index (χ4n) is 3.18. The fourth-order valence-corrected chi connectivity index (χ4v) is 3.18. The zero-order chi connectivity index (χ0) is 14.9. The first kappa shape index (κ1) is 14.3. The van der Waals surface area contributed by atoms with Crippen molar-refractivity contribution in [3.63, 3.8) is 0 Å². The van der Waals surface area contributed by atoms with E-state index < -0.39 is 0 Å². The Morgan fingerprint density at radius 2 is 2.19 bits per heavy atom. The minimum absolute atomic E-state index is 0.204. The molecule has 0 spiro atoms. The number of pyridine rings is 1. The number of aromatic nitrogens is 1. The van der Waals surface area contributed by atoms with Gasteiger partial charge in [0.15, 0.2) is 0 Å². The summed E-state index contributed by atoms with van der Waals surface area (Å²) in [6, 6.07) is 11.4. The Balaban J connectivity index is 1.97. The predicted octanol–water partition coefficient (Wildman–Crippen LogP) is 3.59. The number of fused-ring (bicyclic) bond motifs is 1. The van der Waals surface area contributed by atoms with E-state index in [1.165, 1.54) is 11.1 Å². The van der Waals surface area contributed by atoms with E-state index in [9.17, 15) is 0 Å². The molecule has 3 rings (SSSR count). The summed E-state index contributed by atoms with van der Waals surface area (Å²) in [6.07, 6.45) is 4.17. The van der Waals surface area contributed by atoms with Gasteiger partial charge in [-0.05, 0) is 44.0 Å². The van der Waals surface area contributed by atoms with Crippen LogP contribution in [0.1, 0.15) is 33.6 Å². The molecule has 1 aromatic carbocycles. The van der Waals surface area contributed by atoms with Gasteiger partial charge in [-0.1, -0.05) is 19.9 Å². The van der Waals surface area contributed by atoms with E-state index in [0.29, 0.717) is 6.04 Å². The third kappa shape index (κ3) is 2.75. The molecule has 0 bridgehead atoms. The van der Waals surface area contributed by atoms with Gasteiger partial charge in [0.2, 0.25) is 0 Å². The van der Waals surface area contributed by atoms with E-state index >= 15 is 0 Å². The molecule has 1 fully saturated rings. The second kappa shape index (κ2) is 5.64. The summed E-state index contributed by atoms with van der Waals surface area (Å²) in [6.45, 7) is 8.99. The minimum atomic E-state index is 0.204. The standard InChI is InChI=1S/C18H25N3/c1-4-15-12-20-18(3,5-2)13-21(15)16-8-9-17-14(11-16)7-6-10-19-17/h6-11,15,20H,4-5,12-13H2,1-3H3. The van der Waals surface area contributed by atoms with Crippen LogP contribution in [-0.2, 0) is 0 Å². The molecule has 1 N–H and O–H groups in total. The van der Waals surface area contributed by atoms with E-state index in [1.807, 2.05) is 12.3 Å². The summed E-state index contributed by atoms with van der Waals surface area (Å²) >= 11 is 0. The highest BCUT2D eigenvalue weighted by Gasteiger charge is 2.33. The Morgan fingerprint density at radius 1 is 1.33 bits per heavy atom. The van der Waals surface area contributed by atoms with Gasteiger partial charge in [-0.2, -0.15) is 0 Å². The summed E-state index contributed by atoms with van der Waals surface area (Å²) in [7, 11) is 0. The molecule has 112 valence electrons. The topological polar surface area (TPSA) is 28.2 Å². The number of anilines is 1. The van der Waals surface area contributed by atoms with Crippen molar-refractivity contribution in [2.24, 2.45) is 0 Å². The van der Waals surface area contributed by atoms with Crippen LogP contribution in [0.5, 0.6) is 0 Å². The van der Waals surface area contributed by atoms with E-state index in [1.54, 1.807) is 0 Å². The lowest BCUT2D eigenvalue weighted by molar-refractivity contribution is 0.276. The molecule has 2 unspecified atom stereocenters. The third-order valence-electron chi connectivity index (χ3n) is 4.89. The SMILES string of the molecule is CCC1CNC(C)(CC)CN1c1ccc2ncccc2c1. The van der Waals surface area contributed by atoms with Gasteiger partial charge in [0.05, 0.1) is 5.52 Å². The summed E-state index contributed by atoms with van der Waals surface area (Å²) in [5.41, 5.74) is 2.60. The molecule has 1 saturated heterocycles. The number of hydrogen-bond acceptors (Lipinski definition) is 3. The van der Waals surface area contributed by atoms with Crippen LogP contribution in [-0.4, -0.2) is 29.7 Å². The largest absolute Gasteiger partial charge is 0.365 e. The summed E-state index contributed by atoms with van der Waals surface area (Å²) < 4.78 is 0. The van der Waals surface area contributed by atoms with Crippen LogP contribution in [0.2, 0.25) is 0 Å². The highest BCUT2D eigenvalue weighted by molar-refractivity contribution is 5.82. The number of rotatable bonds is 3. The molecule has 3 nitrogen and oxygen atoms in total. The molecule has 21 heavy (non-hydrogen) atoms. The third-order valence-corrected chi connectivity index (χ3v) is 4.89. The van der Waals surface area contributed by atoms with Crippen LogP contribution in [0.15, 0.2) is 36.5 Å². The zero-order valence-electron chi connectivity index (χ0n) is 13.3. The maximum absolute atomic E-state index is 4.42. The van der Waals surface area contributed by atoms with E-state index in [0.717, 1.165) is 31.4 Å². The maximum Gasteiger partial charge on any atom is 0.0703 e. The van der Waals surface area contributed by atoms with Crippen LogP contribution < -0.4 is 10.2 Å². The zero-order valence-corrected chi connectivity index (χ0v) is 13.3. The Kier molecular flexibility index (Phi) is 3.85. The number of hydrogen-bond donors (Lipinski definition) is 1. The number of benzene rings is 1. The average molecular weight is 283 g/mol. The van der Waals surface area contributed by atoms with Crippen LogP contribution in [0.3, 0.4) is 0 Å². The molecule has 0 aliphatic carbocycles. The van der Waals surface area contributed by atoms with Gasteiger partial charge in [0.25, 0.3) is 0 Å². The minimum Gasteiger partial charge on any atom is -0.365 e. The second-order valence-corrected chi connectivity index (χ2v) is 6.37. The maximum atomic E-state index is 4.42. The number of nitrogens with zero attached hydrogens (tertiary/aromatic N) is 2. The molecule has 0 amide bonds. The number of nitrogens with one attached hydrogen (secondary N) is 1. The van der Waals surface area contributed by atoms with Gasteiger partial charge in [-0.25, -0.2) is 0 Å². The molecule has 1 aliphatic rings. The van der Waals surface area contributed by atoms with E-state index in [-0.39, 0.29) is 5.54 Å². The Bertz CT molecular complexity index is 625. The van der Waals surface area contributed by atoms with Crippen molar-refractivity contribution >= 4 is 16.6 Å². The Morgan fingerprint density at radius 3 is 2.95 bits per heavy atom. The normalized spacial score (nSPS) is 26.2. The van der Waals surface area contributed by atoms with Crippen molar-refractivity contribution in [1.82, 2.24) is 10.3 Å². The monoisotopic (exact) mass is 283 g/mol. The highest BCUT2D eigenvalue weighted by Crippen LogP contribution is 2.28. The van der Waals surface area contributed by atoms with Gasteiger partial charge < -0.3 is 10.2 Å². The van der Waals surface area contributed by atoms with Crippen molar-refractivity contribution in [2.45, 2.75) is 45.2 Å². The summed E-state index contributed by atoms with van der Waals surface area (Å²) in [4.78, 5) is 7.00. The van der Waals surface area contributed by atoms with E-state index in [4.69, 9.17) is 0 Å². The van der Waals surface area contributed by atoms with Crippen LogP contribution in [0, 0.1) is 0 Å². The molecule has 3 heteroatoms. The molecule has 0 saturated carbocycles. The molecule has 1 aromatic heterocycles. The Hall–Kier alpha value is -1.61. The molecular formula is C18H25N3. The first-order chi connectivity index (χ1) is 10.1. The highest BCUT2D eigenvalue weighted by atomic mass is 15.3. The predicted molar refractivity (Wildman–Crippen MR) is 89.9 cm³/mol. The first-order valence-corrected chi connectivity index (χ1v) is 8.01. The first-order valence-electron chi connectivity index (χ1n) is 8.01. The van der Waals surface area contributed by atoms with Crippen LogP contribution in [0.4, 0.5) is 5.69 Å². The van der Waals surface area contributed by atoms with Crippen molar-refractivity contribution < 1.29 is 0 Å². The smallest absolute Gasteiger partial charge is 0.0703 e. The van der Waals surface area contributed by atoms with E-state index in [2.05, 4.69) is 60.2 Å². The van der Waals surface area contributed by atoms with Crippen molar-refractivity contribution in [2.75, 3.05) is 18.0 Å². The lowest BCUT2D eigenvalue weighted by Crippen LogP contribution is -2.62. The summed E-state index contributed by atoms with van der Waals surface area (Å²) in [5.74, 6) is 0. The molecular weight excluding hydrogens is 258 g/mol. The van der Waals surface area contributed by atoms with Crippen LogP contribution >= 0.6 is 0 Å². The molecule has 1 aliphatic heterocycles. The molecule has 0 radical (unpaired) electrons. The average Bonchev–Trinajstić information content (AvgIpc) is 2.54. The summed E-state index contributed by atoms with van der Waals surface area (Å²) in [5, 5.41) is 4.95. The fraction of sp³-hybridized carbons (Fsp3) is 0.500. The van der Waals surface area contributed by atoms with Crippen molar-refractivity contribution in [3.05, 3.63) is 36.5 Å². The quantitative estimate of drug-likeness (QED) is 0.933.